The molecule has 3 heterocycles. The van der Waals surface area contributed by atoms with E-state index in [0.29, 0.717) is 6.61 Å². The quantitative estimate of drug-likeness (QED) is 0.830. The standard InChI is InChI=1S/C15H23N3O2S/c1-3-20-9-14(19)17-6-4-15(11-17)5-7-18(15)8-13-10-21-12(2)16-13/h10H,3-9,11H2,1-2H3. The summed E-state index contributed by atoms with van der Waals surface area (Å²) < 4.78 is 5.24. The molecule has 2 aliphatic rings. The smallest absolute Gasteiger partial charge is 0.248 e. The Kier molecular flexibility index (Phi) is 4.28. The van der Waals surface area contributed by atoms with Crippen LogP contribution >= 0.6 is 11.3 Å². The Labute approximate surface area is 129 Å². The zero-order valence-electron chi connectivity index (χ0n) is 12.8. The maximum Gasteiger partial charge on any atom is 0.248 e. The summed E-state index contributed by atoms with van der Waals surface area (Å²) in [6.45, 7) is 8.52. The summed E-state index contributed by atoms with van der Waals surface area (Å²) in [6.07, 6.45) is 2.27. The fourth-order valence-electron chi connectivity index (χ4n) is 3.32. The van der Waals surface area contributed by atoms with E-state index in [4.69, 9.17) is 4.74 Å². The van der Waals surface area contributed by atoms with Crippen LogP contribution in [0.5, 0.6) is 0 Å². The maximum absolute atomic E-state index is 12.1. The average Bonchev–Trinajstić information content (AvgIpc) is 3.09. The van der Waals surface area contributed by atoms with E-state index >= 15 is 0 Å². The number of hydrogen-bond acceptors (Lipinski definition) is 5. The fraction of sp³-hybridized carbons (Fsp3) is 0.733. The van der Waals surface area contributed by atoms with Gasteiger partial charge in [-0.3, -0.25) is 9.69 Å². The predicted molar refractivity (Wildman–Crippen MR) is 82.3 cm³/mol. The number of ether oxygens (including phenoxy) is 1. The van der Waals surface area contributed by atoms with Crippen LogP contribution in [0.2, 0.25) is 0 Å². The van der Waals surface area contributed by atoms with Crippen molar-refractivity contribution in [1.82, 2.24) is 14.8 Å². The highest BCUT2D eigenvalue weighted by atomic mass is 32.1. The van der Waals surface area contributed by atoms with Crippen molar-refractivity contribution in [3.8, 4) is 0 Å². The lowest BCUT2D eigenvalue weighted by Crippen LogP contribution is -2.60. The summed E-state index contributed by atoms with van der Waals surface area (Å²) in [5.74, 6) is 0.130. The zero-order chi connectivity index (χ0) is 14.9. The molecule has 0 aliphatic carbocycles. The van der Waals surface area contributed by atoms with Crippen LogP contribution in [0.15, 0.2) is 5.38 Å². The first-order chi connectivity index (χ1) is 10.1. The number of carbonyl (C=O) groups excluding carboxylic acids is 1. The van der Waals surface area contributed by atoms with E-state index in [-0.39, 0.29) is 18.1 Å². The van der Waals surface area contributed by atoms with Crippen LogP contribution in [0, 0.1) is 6.92 Å². The van der Waals surface area contributed by atoms with Gasteiger partial charge in [-0.2, -0.15) is 0 Å². The average molecular weight is 309 g/mol. The second kappa shape index (κ2) is 6.02. The van der Waals surface area contributed by atoms with Crippen molar-refractivity contribution < 1.29 is 9.53 Å². The molecule has 3 rings (SSSR count). The van der Waals surface area contributed by atoms with Crippen LogP contribution < -0.4 is 0 Å². The van der Waals surface area contributed by atoms with Crippen LogP contribution in [0.25, 0.3) is 0 Å². The van der Waals surface area contributed by atoms with Gasteiger partial charge in [0.2, 0.25) is 5.91 Å². The Balaban J connectivity index is 1.57. The van der Waals surface area contributed by atoms with Gasteiger partial charge in [-0.15, -0.1) is 11.3 Å². The van der Waals surface area contributed by atoms with Crippen LogP contribution in [0.4, 0.5) is 0 Å². The topological polar surface area (TPSA) is 45.7 Å². The molecule has 2 aliphatic heterocycles. The number of hydrogen-bond donors (Lipinski definition) is 0. The van der Waals surface area contributed by atoms with E-state index < -0.39 is 0 Å². The minimum absolute atomic E-state index is 0.130. The molecule has 1 amide bonds. The van der Waals surface area contributed by atoms with Gasteiger partial charge in [-0.1, -0.05) is 0 Å². The third-order valence-electron chi connectivity index (χ3n) is 4.65. The van der Waals surface area contributed by atoms with Gasteiger partial charge in [-0.25, -0.2) is 4.98 Å². The number of carbonyl (C=O) groups is 1. The van der Waals surface area contributed by atoms with Gasteiger partial charge in [0.1, 0.15) is 6.61 Å². The van der Waals surface area contributed by atoms with Crippen LogP contribution in [0.1, 0.15) is 30.5 Å². The Bertz CT molecular complexity index is 519. The molecule has 21 heavy (non-hydrogen) atoms. The van der Waals surface area contributed by atoms with Gasteiger partial charge in [0.05, 0.1) is 10.7 Å². The van der Waals surface area contributed by atoms with Gasteiger partial charge < -0.3 is 9.64 Å². The molecule has 6 heteroatoms. The summed E-state index contributed by atoms with van der Waals surface area (Å²) >= 11 is 1.71. The van der Waals surface area contributed by atoms with Crippen LogP contribution in [-0.4, -0.2) is 59.1 Å². The molecule has 0 bridgehead atoms. The van der Waals surface area contributed by atoms with Crippen molar-refractivity contribution in [2.75, 3.05) is 32.8 Å². The number of nitrogens with zero attached hydrogens (tertiary/aromatic N) is 3. The van der Waals surface area contributed by atoms with Gasteiger partial charge in [0.25, 0.3) is 0 Å². The molecule has 5 nitrogen and oxygen atoms in total. The Morgan fingerprint density at radius 3 is 2.90 bits per heavy atom. The summed E-state index contributed by atoms with van der Waals surface area (Å²) in [6, 6.07) is 0. The number of aryl methyl sites for hydroxylation is 1. The van der Waals surface area contributed by atoms with Gasteiger partial charge >= 0.3 is 0 Å². The molecule has 0 saturated carbocycles. The first kappa shape index (κ1) is 14.9. The lowest BCUT2D eigenvalue weighted by molar-refractivity contribution is -0.136. The van der Waals surface area contributed by atoms with Gasteiger partial charge in [-0.05, 0) is 26.7 Å². The summed E-state index contributed by atoms with van der Waals surface area (Å²) in [5.41, 5.74) is 1.36. The fourth-order valence-corrected chi connectivity index (χ4v) is 3.93. The van der Waals surface area contributed by atoms with Crippen LogP contribution in [0.3, 0.4) is 0 Å². The van der Waals surface area contributed by atoms with Crippen molar-refractivity contribution >= 4 is 17.2 Å². The first-order valence-corrected chi connectivity index (χ1v) is 8.52. The minimum atomic E-state index is 0.130. The summed E-state index contributed by atoms with van der Waals surface area (Å²) in [5, 5.41) is 3.27. The monoisotopic (exact) mass is 309 g/mol. The number of thiazole rings is 1. The Hall–Kier alpha value is -0.980. The second-order valence-electron chi connectivity index (χ2n) is 5.96. The molecule has 2 saturated heterocycles. The van der Waals surface area contributed by atoms with Crippen molar-refractivity contribution in [1.29, 1.82) is 0 Å². The van der Waals surface area contributed by atoms with Crippen molar-refractivity contribution in [3.63, 3.8) is 0 Å². The third-order valence-corrected chi connectivity index (χ3v) is 5.47. The summed E-state index contributed by atoms with van der Waals surface area (Å²) in [7, 11) is 0. The Morgan fingerprint density at radius 1 is 1.48 bits per heavy atom. The highest BCUT2D eigenvalue weighted by Crippen LogP contribution is 2.40. The van der Waals surface area contributed by atoms with Crippen molar-refractivity contribution in [2.24, 2.45) is 0 Å². The predicted octanol–water partition coefficient (Wildman–Crippen LogP) is 1.66. The lowest BCUT2D eigenvalue weighted by Gasteiger charge is -2.50. The first-order valence-electron chi connectivity index (χ1n) is 7.64. The highest BCUT2D eigenvalue weighted by Gasteiger charge is 2.50. The highest BCUT2D eigenvalue weighted by molar-refractivity contribution is 7.09. The number of rotatable bonds is 5. The molecular formula is C15H23N3O2S. The molecular weight excluding hydrogens is 286 g/mol. The number of aromatic nitrogens is 1. The molecule has 1 aromatic heterocycles. The van der Waals surface area contributed by atoms with Gasteiger partial charge in [0.15, 0.2) is 0 Å². The van der Waals surface area contributed by atoms with E-state index in [2.05, 4.69) is 15.3 Å². The second-order valence-corrected chi connectivity index (χ2v) is 7.02. The van der Waals surface area contributed by atoms with E-state index in [1.165, 1.54) is 6.42 Å². The zero-order valence-corrected chi connectivity index (χ0v) is 13.6. The van der Waals surface area contributed by atoms with E-state index in [1.807, 2.05) is 18.7 Å². The largest absolute Gasteiger partial charge is 0.372 e. The lowest BCUT2D eigenvalue weighted by atomic mass is 9.83. The van der Waals surface area contributed by atoms with E-state index in [0.717, 1.165) is 43.3 Å². The molecule has 1 aromatic rings. The molecule has 2 fully saturated rings. The SMILES string of the molecule is CCOCC(=O)N1CCC2(CCN2Cc2csc(C)n2)C1. The van der Waals surface area contributed by atoms with Crippen molar-refractivity contribution in [2.45, 2.75) is 38.8 Å². The molecule has 0 aromatic carbocycles. The third kappa shape index (κ3) is 2.98. The minimum Gasteiger partial charge on any atom is -0.372 e. The normalized spacial score (nSPS) is 25.5. The number of amides is 1. The molecule has 0 radical (unpaired) electrons. The molecule has 1 unspecified atom stereocenters. The molecule has 1 spiro atoms. The summed E-state index contributed by atoms with van der Waals surface area (Å²) in [4.78, 5) is 21.1. The molecule has 1 atom stereocenters. The Morgan fingerprint density at radius 2 is 2.29 bits per heavy atom. The van der Waals surface area contributed by atoms with Crippen molar-refractivity contribution in [3.05, 3.63) is 16.1 Å². The number of likely N-dealkylation sites (tertiary alicyclic amines) is 2. The van der Waals surface area contributed by atoms with Crippen LogP contribution in [-0.2, 0) is 16.1 Å². The van der Waals surface area contributed by atoms with E-state index in [9.17, 15) is 4.79 Å². The maximum atomic E-state index is 12.1. The van der Waals surface area contributed by atoms with Gasteiger partial charge in [0, 0.05) is 43.7 Å². The molecule has 0 N–H and O–H groups in total. The van der Waals surface area contributed by atoms with E-state index in [1.54, 1.807) is 11.3 Å². The molecule has 116 valence electrons.